The molecular formula is C12H15BrFN. The van der Waals surface area contributed by atoms with Crippen molar-refractivity contribution in [2.75, 3.05) is 7.05 Å². The van der Waals surface area contributed by atoms with Crippen LogP contribution in [-0.4, -0.2) is 7.05 Å². The van der Waals surface area contributed by atoms with E-state index < -0.39 is 0 Å². The third kappa shape index (κ3) is 3.43. The highest BCUT2D eigenvalue weighted by Crippen LogP contribution is 2.24. The largest absolute Gasteiger partial charge is 0.313 e. The van der Waals surface area contributed by atoms with Gasteiger partial charge >= 0.3 is 0 Å². The monoisotopic (exact) mass is 271 g/mol. The van der Waals surface area contributed by atoms with E-state index in [-0.39, 0.29) is 11.9 Å². The van der Waals surface area contributed by atoms with E-state index in [9.17, 15) is 4.39 Å². The molecule has 0 fully saturated rings. The maximum atomic E-state index is 13.6. The first-order chi connectivity index (χ1) is 7.19. The fourth-order valence-corrected chi connectivity index (χ4v) is 1.86. The van der Waals surface area contributed by atoms with Crippen molar-refractivity contribution in [1.82, 2.24) is 5.32 Å². The molecule has 0 saturated carbocycles. The molecule has 1 aromatic rings. The van der Waals surface area contributed by atoms with Gasteiger partial charge in [-0.05, 0) is 32.0 Å². The summed E-state index contributed by atoms with van der Waals surface area (Å²) in [6, 6.07) is 5.21. The van der Waals surface area contributed by atoms with Gasteiger partial charge in [-0.25, -0.2) is 4.39 Å². The van der Waals surface area contributed by atoms with E-state index in [4.69, 9.17) is 0 Å². The molecule has 0 radical (unpaired) electrons. The van der Waals surface area contributed by atoms with Crippen molar-refractivity contribution < 1.29 is 4.39 Å². The lowest BCUT2D eigenvalue weighted by Crippen LogP contribution is -2.17. The van der Waals surface area contributed by atoms with Crippen LogP contribution in [0.3, 0.4) is 0 Å². The molecule has 1 nitrogen and oxygen atoms in total. The van der Waals surface area contributed by atoms with Gasteiger partial charge in [-0.1, -0.05) is 28.1 Å². The Kier molecular flexibility index (Phi) is 4.99. The van der Waals surface area contributed by atoms with E-state index in [1.54, 1.807) is 0 Å². The molecule has 0 aliphatic heterocycles. The third-order valence-electron chi connectivity index (χ3n) is 2.35. The lowest BCUT2D eigenvalue weighted by molar-refractivity contribution is 0.512. The summed E-state index contributed by atoms with van der Waals surface area (Å²) >= 11 is 3.24. The van der Waals surface area contributed by atoms with Crippen LogP contribution in [0.5, 0.6) is 0 Å². The van der Waals surface area contributed by atoms with Gasteiger partial charge in [-0.2, -0.15) is 0 Å². The second kappa shape index (κ2) is 6.03. The van der Waals surface area contributed by atoms with Crippen LogP contribution >= 0.6 is 15.9 Å². The maximum absolute atomic E-state index is 13.6. The second-order valence-corrected chi connectivity index (χ2v) is 4.29. The van der Waals surface area contributed by atoms with Crippen LogP contribution < -0.4 is 5.32 Å². The summed E-state index contributed by atoms with van der Waals surface area (Å²) in [5, 5.41) is 3.11. The molecule has 0 aromatic heterocycles. The Morgan fingerprint density at radius 1 is 1.60 bits per heavy atom. The molecule has 0 spiro atoms. The maximum Gasteiger partial charge on any atom is 0.129 e. The van der Waals surface area contributed by atoms with Crippen LogP contribution in [0, 0.1) is 5.82 Å². The molecule has 0 amide bonds. The van der Waals surface area contributed by atoms with Crippen molar-refractivity contribution in [2.45, 2.75) is 18.9 Å². The lowest BCUT2D eigenvalue weighted by Gasteiger charge is -2.16. The van der Waals surface area contributed by atoms with Gasteiger partial charge < -0.3 is 5.32 Å². The Morgan fingerprint density at radius 3 is 2.87 bits per heavy atom. The Hall–Kier alpha value is -0.670. The zero-order valence-corrected chi connectivity index (χ0v) is 10.3. The SMILES string of the molecule is C=CCCC(NC)c1ccc(Br)cc1F. The molecule has 0 heterocycles. The Bertz CT molecular complexity index is 338. The van der Waals surface area contributed by atoms with E-state index in [0.29, 0.717) is 5.56 Å². The first-order valence-electron chi connectivity index (χ1n) is 4.92. The first-order valence-corrected chi connectivity index (χ1v) is 5.71. The summed E-state index contributed by atoms with van der Waals surface area (Å²) in [5.41, 5.74) is 0.711. The van der Waals surface area contributed by atoms with Crippen LogP contribution in [0.2, 0.25) is 0 Å². The number of hydrogen-bond donors (Lipinski definition) is 1. The average molecular weight is 272 g/mol. The van der Waals surface area contributed by atoms with Crippen LogP contribution in [0.1, 0.15) is 24.4 Å². The van der Waals surface area contributed by atoms with Crippen molar-refractivity contribution in [2.24, 2.45) is 0 Å². The van der Waals surface area contributed by atoms with Gasteiger partial charge in [0.25, 0.3) is 0 Å². The van der Waals surface area contributed by atoms with Crippen molar-refractivity contribution in [3.63, 3.8) is 0 Å². The van der Waals surface area contributed by atoms with Crippen molar-refractivity contribution >= 4 is 15.9 Å². The Labute approximate surface area is 98.5 Å². The molecule has 1 atom stereocenters. The van der Waals surface area contributed by atoms with Gasteiger partial charge in [0.2, 0.25) is 0 Å². The highest BCUT2D eigenvalue weighted by atomic mass is 79.9. The number of allylic oxidation sites excluding steroid dienone is 1. The molecule has 0 saturated heterocycles. The standard InChI is InChI=1S/C12H15BrFN/c1-3-4-5-12(15-2)10-7-6-9(13)8-11(10)14/h3,6-8,12,15H,1,4-5H2,2H3. The normalized spacial score (nSPS) is 12.5. The fraction of sp³-hybridized carbons (Fsp3) is 0.333. The summed E-state index contributed by atoms with van der Waals surface area (Å²) in [6.07, 6.45) is 3.58. The molecule has 3 heteroatoms. The van der Waals surface area contributed by atoms with E-state index in [1.807, 2.05) is 25.3 Å². The van der Waals surface area contributed by atoms with Crippen LogP contribution in [-0.2, 0) is 0 Å². The number of halogens is 2. The van der Waals surface area contributed by atoms with Gasteiger partial charge in [-0.3, -0.25) is 0 Å². The zero-order chi connectivity index (χ0) is 11.3. The molecule has 0 aliphatic rings. The molecule has 1 unspecified atom stereocenters. The van der Waals surface area contributed by atoms with E-state index in [0.717, 1.165) is 17.3 Å². The lowest BCUT2D eigenvalue weighted by atomic mass is 10.0. The Morgan fingerprint density at radius 2 is 2.33 bits per heavy atom. The highest BCUT2D eigenvalue weighted by molar-refractivity contribution is 9.10. The molecule has 0 bridgehead atoms. The quantitative estimate of drug-likeness (QED) is 0.803. The van der Waals surface area contributed by atoms with Crippen LogP contribution in [0.4, 0.5) is 4.39 Å². The van der Waals surface area contributed by atoms with Crippen LogP contribution in [0.25, 0.3) is 0 Å². The topological polar surface area (TPSA) is 12.0 Å². The average Bonchev–Trinajstić information content (AvgIpc) is 2.21. The minimum atomic E-state index is -0.173. The minimum Gasteiger partial charge on any atom is -0.313 e. The van der Waals surface area contributed by atoms with Crippen molar-refractivity contribution in [3.8, 4) is 0 Å². The number of hydrogen-bond acceptors (Lipinski definition) is 1. The summed E-state index contributed by atoms with van der Waals surface area (Å²) in [5.74, 6) is -0.173. The van der Waals surface area contributed by atoms with E-state index in [1.165, 1.54) is 6.07 Å². The van der Waals surface area contributed by atoms with Gasteiger partial charge in [-0.15, -0.1) is 6.58 Å². The predicted octanol–water partition coefficient (Wildman–Crippen LogP) is 3.81. The minimum absolute atomic E-state index is 0.0519. The predicted molar refractivity (Wildman–Crippen MR) is 65.3 cm³/mol. The number of rotatable bonds is 5. The smallest absolute Gasteiger partial charge is 0.129 e. The molecule has 82 valence electrons. The fourth-order valence-electron chi connectivity index (χ4n) is 1.52. The third-order valence-corrected chi connectivity index (χ3v) is 2.84. The molecule has 1 N–H and O–H groups in total. The van der Waals surface area contributed by atoms with Gasteiger partial charge in [0, 0.05) is 16.1 Å². The summed E-state index contributed by atoms with van der Waals surface area (Å²) in [6.45, 7) is 3.67. The Balaban J connectivity index is 2.86. The second-order valence-electron chi connectivity index (χ2n) is 3.37. The summed E-state index contributed by atoms with van der Waals surface area (Å²) in [7, 11) is 1.84. The van der Waals surface area contributed by atoms with Gasteiger partial charge in [0.05, 0.1) is 0 Å². The van der Waals surface area contributed by atoms with E-state index in [2.05, 4.69) is 27.8 Å². The molecule has 1 aromatic carbocycles. The van der Waals surface area contributed by atoms with Crippen molar-refractivity contribution in [3.05, 3.63) is 46.7 Å². The summed E-state index contributed by atoms with van der Waals surface area (Å²) in [4.78, 5) is 0. The van der Waals surface area contributed by atoms with Gasteiger partial charge in [0.15, 0.2) is 0 Å². The van der Waals surface area contributed by atoms with E-state index >= 15 is 0 Å². The highest BCUT2D eigenvalue weighted by Gasteiger charge is 2.12. The molecule has 0 aliphatic carbocycles. The van der Waals surface area contributed by atoms with Crippen molar-refractivity contribution in [1.29, 1.82) is 0 Å². The number of benzene rings is 1. The summed E-state index contributed by atoms with van der Waals surface area (Å²) < 4.78 is 14.4. The molecular weight excluding hydrogens is 257 g/mol. The van der Waals surface area contributed by atoms with Gasteiger partial charge in [0.1, 0.15) is 5.82 Å². The molecule has 15 heavy (non-hydrogen) atoms. The zero-order valence-electron chi connectivity index (χ0n) is 8.76. The van der Waals surface area contributed by atoms with Crippen LogP contribution in [0.15, 0.2) is 35.3 Å². The number of nitrogens with one attached hydrogen (secondary N) is 1. The molecule has 1 rings (SSSR count). The first kappa shape index (κ1) is 12.4.